The topological polar surface area (TPSA) is 62.7 Å². The highest BCUT2D eigenvalue weighted by molar-refractivity contribution is 5.91. The number of nitrogens with one attached hydrogen (secondary N) is 2. The molecule has 1 amide bonds. The van der Waals surface area contributed by atoms with E-state index in [0.29, 0.717) is 6.42 Å². The minimum Gasteiger partial charge on any atom is -0.361 e. The average molecular weight is 399 g/mol. The van der Waals surface area contributed by atoms with Gasteiger partial charge in [0.05, 0.1) is 0 Å². The van der Waals surface area contributed by atoms with Crippen molar-refractivity contribution in [3.8, 4) is 11.4 Å². The summed E-state index contributed by atoms with van der Waals surface area (Å²) in [5.74, 6) is 1.09. The first kappa shape index (κ1) is 18.7. The maximum Gasteiger partial charge on any atom is 0.224 e. The Kier molecular flexibility index (Phi) is 5.10. The van der Waals surface area contributed by atoms with Gasteiger partial charge in [-0.15, -0.1) is 0 Å². The Labute approximate surface area is 176 Å². The fourth-order valence-electron chi connectivity index (χ4n) is 4.37. The number of aryl methyl sites for hydroxylation is 2. The molecule has 0 spiro atoms. The molecule has 5 heteroatoms. The van der Waals surface area contributed by atoms with Crippen molar-refractivity contribution in [2.75, 3.05) is 5.32 Å². The molecule has 4 aromatic rings. The number of hydrogen-bond donors (Lipinski definition) is 2. The van der Waals surface area contributed by atoms with Crippen molar-refractivity contribution in [3.05, 3.63) is 72.2 Å². The van der Waals surface area contributed by atoms with Gasteiger partial charge < -0.3 is 14.9 Å². The van der Waals surface area contributed by atoms with Crippen LogP contribution in [0.2, 0.25) is 0 Å². The minimum absolute atomic E-state index is 0.0563. The third-order valence-corrected chi connectivity index (χ3v) is 5.95. The van der Waals surface area contributed by atoms with Crippen molar-refractivity contribution in [2.45, 2.75) is 45.1 Å². The fraction of sp³-hybridized carbons (Fsp3) is 0.280. The molecular weight excluding hydrogens is 372 g/mol. The number of nitrogens with zero attached hydrogens (tertiary/aromatic N) is 2. The van der Waals surface area contributed by atoms with Crippen molar-refractivity contribution in [2.24, 2.45) is 0 Å². The molecule has 1 aliphatic heterocycles. The number of imidazole rings is 1. The Morgan fingerprint density at radius 1 is 1.10 bits per heavy atom. The first-order valence-corrected chi connectivity index (χ1v) is 10.8. The van der Waals surface area contributed by atoms with Crippen molar-refractivity contribution in [1.29, 1.82) is 0 Å². The van der Waals surface area contributed by atoms with E-state index in [1.807, 2.05) is 36.5 Å². The zero-order valence-corrected chi connectivity index (χ0v) is 17.0. The summed E-state index contributed by atoms with van der Waals surface area (Å²) < 4.78 is 2.32. The van der Waals surface area contributed by atoms with E-state index >= 15 is 0 Å². The van der Waals surface area contributed by atoms with Crippen LogP contribution in [0.4, 0.5) is 5.69 Å². The van der Waals surface area contributed by atoms with Crippen LogP contribution in [0.3, 0.4) is 0 Å². The minimum atomic E-state index is 0.0563. The number of carbonyl (C=O) groups is 1. The monoisotopic (exact) mass is 398 g/mol. The van der Waals surface area contributed by atoms with E-state index in [9.17, 15) is 4.79 Å². The summed E-state index contributed by atoms with van der Waals surface area (Å²) >= 11 is 0. The van der Waals surface area contributed by atoms with E-state index < -0.39 is 0 Å². The van der Waals surface area contributed by atoms with Gasteiger partial charge in [0.25, 0.3) is 0 Å². The smallest absolute Gasteiger partial charge is 0.224 e. The van der Waals surface area contributed by atoms with Gasteiger partial charge in [0.2, 0.25) is 5.91 Å². The standard InChI is InChI=1S/C25H26N4O/c30-24(10-5-6-19-16-26-23-9-2-1-8-22(19)23)28-20-13-11-18(12-14-20)25-27-17-21-7-3-4-15-29(21)25/h1-2,8-9,11-14,16-17,26H,3-7,10,15H2,(H,28,30). The van der Waals surface area contributed by atoms with Crippen LogP contribution in [0.25, 0.3) is 22.3 Å². The molecule has 2 aromatic carbocycles. The number of rotatable bonds is 6. The highest BCUT2D eigenvalue weighted by Gasteiger charge is 2.15. The number of para-hydroxylation sites is 1. The van der Waals surface area contributed by atoms with Gasteiger partial charge in [-0.2, -0.15) is 0 Å². The Morgan fingerprint density at radius 2 is 1.97 bits per heavy atom. The van der Waals surface area contributed by atoms with Crippen LogP contribution in [-0.4, -0.2) is 20.4 Å². The Hall–Kier alpha value is -3.34. The third-order valence-electron chi connectivity index (χ3n) is 5.95. The molecule has 0 atom stereocenters. The van der Waals surface area contributed by atoms with Crippen molar-refractivity contribution >= 4 is 22.5 Å². The van der Waals surface area contributed by atoms with Gasteiger partial charge in [-0.25, -0.2) is 4.98 Å². The van der Waals surface area contributed by atoms with E-state index in [-0.39, 0.29) is 5.91 Å². The molecule has 5 nitrogen and oxygen atoms in total. The molecule has 0 unspecified atom stereocenters. The van der Waals surface area contributed by atoms with E-state index in [0.717, 1.165) is 48.4 Å². The number of carbonyl (C=O) groups excluding carboxylic acids is 1. The first-order chi connectivity index (χ1) is 14.8. The van der Waals surface area contributed by atoms with E-state index in [4.69, 9.17) is 0 Å². The zero-order chi connectivity index (χ0) is 20.3. The van der Waals surface area contributed by atoms with Crippen LogP contribution in [0.15, 0.2) is 60.9 Å². The molecule has 0 fully saturated rings. The molecule has 0 saturated heterocycles. The molecule has 5 rings (SSSR count). The van der Waals surface area contributed by atoms with E-state index in [1.165, 1.54) is 29.5 Å². The van der Waals surface area contributed by atoms with Gasteiger partial charge >= 0.3 is 0 Å². The second-order valence-corrected chi connectivity index (χ2v) is 8.02. The summed E-state index contributed by atoms with van der Waals surface area (Å²) in [6.07, 6.45) is 9.84. The summed E-state index contributed by atoms with van der Waals surface area (Å²) in [7, 11) is 0. The number of fused-ring (bicyclic) bond motifs is 2. The third kappa shape index (κ3) is 3.75. The maximum atomic E-state index is 12.4. The molecule has 30 heavy (non-hydrogen) atoms. The number of H-pyrrole nitrogens is 1. The van der Waals surface area contributed by atoms with Gasteiger partial charge in [-0.3, -0.25) is 4.79 Å². The summed E-state index contributed by atoms with van der Waals surface area (Å²) in [5, 5.41) is 4.27. The lowest BCUT2D eigenvalue weighted by Gasteiger charge is -2.16. The number of anilines is 1. The molecule has 0 saturated carbocycles. The predicted octanol–water partition coefficient (Wildman–Crippen LogP) is 5.33. The van der Waals surface area contributed by atoms with Crippen molar-refractivity contribution in [3.63, 3.8) is 0 Å². The quantitative estimate of drug-likeness (QED) is 0.461. The van der Waals surface area contributed by atoms with Gasteiger partial charge in [-0.05, 0) is 68.0 Å². The molecule has 152 valence electrons. The maximum absolute atomic E-state index is 12.4. The summed E-state index contributed by atoms with van der Waals surface area (Å²) in [6, 6.07) is 16.3. The van der Waals surface area contributed by atoms with Crippen LogP contribution in [0.1, 0.15) is 36.9 Å². The van der Waals surface area contributed by atoms with Gasteiger partial charge in [0.15, 0.2) is 0 Å². The average Bonchev–Trinajstić information content (AvgIpc) is 3.39. The molecule has 2 N–H and O–H groups in total. The predicted molar refractivity (Wildman–Crippen MR) is 120 cm³/mol. The van der Waals surface area contributed by atoms with Crippen molar-refractivity contribution in [1.82, 2.24) is 14.5 Å². The number of amides is 1. The Bertz CT molecular complexity index is 1170. The number of benzene rings is 2. The first-order valence-electron chi connectivity index (χ1n) is 10.8. The SMILES string of the molecule is O=C(CCCc1c[nH]c2ccccc12)Nc1ccc(-c2ncc3n2CCCC3)cc1. The second-order valence-electron chi connectivity index (χ2n) is 8.02. The van der Waals surface area contributed by atoms with Crippen LogP contribution in [0, 0.1) is 0 Å². The summed E-state index contributed by atoms with van der Waals surface area (Å²) in [5.41, 5.74) is 5.67. The highest BCUT2D eigenvalue weighted by Crippen LogP contribution is 2.26. The molecular formula is C25H26N4O. The molecule has 3 heterocycles. The van der Waals surface area contributed by atoms with Crippen LogP contribution in [-0.2, 0) is 24.2 Å². The second kappa shape index (κ2) is 8.19. The number of aromatic nitrogens is 3. The lowest BCUT2D eigenvalue weighted by Crippen LogP contribution is -2.12. The largest absolute Gasteiger partial charge is 0.361 e. The lowest BCUT2D eigenvalue weighted by molar-refractivity contribution is -0.116. The lowest BCUT2D eigenvalue weighted by atomic mass is 10.1. The molecule has 0 bridgehead atoms. The Balaban J connectivity index is 1.17. The van der Waals surface area contributed by atoms with Crippen molar-refractivity contribution < 1.29 is 4.79 Å². The molecule has 2 aromatic heterocycles. The van der Waals surface area contributed by atoms with Gasteiger partial charge in [0.1, 0.15) is 5.82 Å². The summed E-state index contributed by atoms with van der Waals surface area (Å²) in [6.45, 7) is 1.04. The van der Waals surface area contributed by atoms with E-state index in [1.54, 1.807) is 0 Å². The molecule has 1 aliphatic rings. The molecule has 0 aliphatic carbocycles. The van der Waals surface area contributed by atoms with Crippen LogP contribution in [0.5, 0.6) is 0 Å². The normalized spacial score (nSPS) is 13.3. The van der Waals surface area contributed by atoms with Crippen LogP contribution < -0.4 is 5.32 Å². The fourth-order valence-corrected chi connectivity index (χ4v) is 4.37. The van der Waals surface area contributed by atoms with E-state index in [2.05, 4.69) is 44.2 Å². The Morgan fingerprint density at radius 3 is 2.87 bits per heavy atom. The molecule has 0 radical (unpaired) electrons. The van der Waals surface area contributed by atoms with Gasteiger partial charge in [0, 0.05) is 53.2 Å². The van der Waals surface area contributed by atoms with Crippen LogP contribution >= 0.6 is 0 Å². The zero-order valence-electron chi connectivity index (χ0n) is 17.0. The summed E-state index contributed by atoms with van der Waals surface area (Å²) in [4.78, 5) is 20.3. The van der Waals surface area contributed by atoms with Gasteiger partial charge in [-0.1, -0.05) is 18.2 Å². The number of aromatic amines is 1. The number of hydrogen-bond acceptors (Lipinski definition) is 2. The highest BCUT2D eigenvalue weighted by atomic mass is 16.1.